The molecule has 0 aliphatic carbocycles. The molecule has 14 heavy (non-hydrogen) atoms. The second-order valence-corrected chi connectivity index (χ2v) is 3.73. The Labute approximate surface area is 91.1 Å². The average molecular weight is 257 g/mol. The van der Waals surface area contributed by atoms with Crippen LogP contribution in [0.15, 0.2) is 22.7 Å². The molecule has 0 heterocycles. The SMILES string of the molecule is CC#CCC(O)c1cc(Br)ccc1F. The number of hydrogen-bond acceptors (Lipinski definition) is 1. The minimum Gasteiger partial charge on any atom is -0.387 e. The van der Waals surface area contributed by atoms with Crippen molar-refractivity contribution < 1.29 is 9.50 Å². The van der Waals surface area contributed by atoms with E-state index in [1.165, 1.54) is 6.07 Å². The van der Waals surface area contributed by atoms with E-state index in [0.29, 0.717) is 0 Å². The normalized spacial score (nSPS) is 11.7. The highest BCUT2D eigenvalue weighted by Crippen LogP contribution is 2.23. The fourth-order valence-electron chi connectivity index (χ4n) is 1.08. The standard InChI is InChI=1S/C11H10BrFO/c1-2-3-4-11(14)9-7-8(12)5-6-10(9)13/h5-7,11,14H,4H2,1H3. The summed E-state index contributed by atoms with van der Waals surface area (Å²) < 4.78 is 14.0. The van der Waals surface area contributed by atoms with Crippen LogP contribution in [-0.2, 0) is 0 Å². The van der Waals surface area contributed by atoms with Gasteiger partial charge in [-0.3, -0.25) is 0 Å². The lowest BCUT2D eigenvalue weighted by Crippen LogP contribution is -1.99. The smallest absolute Gasteiger partial charge is 0.129 e. The number of benzene rings is 1. The lowest BCUT2D eigenvalue weighted by molar-refractivity contribution is 0.179. The van der Waals surface area contributed by atoms with E-state index < -0.39 is 11.9 Å². The molecule has 1 rings (SSSR count). The zero-order chi connectivity index (χ0) is 10.6. The van der Waals surface area contributed by atoms with E-state index in [1.807, 2.05) is 0 Å². The molecule has 0 radical (unpaired) electrons. The molecule has 0 saturated heterocycles. The first kappa shape index (κ1) is 11.2. The van der Waals surface area contributed by atoms with Gasteiger partial charge in [0.05, 0.1) is 6.10 Å². The average Bonchev–Trinajstić information content (AvgIpc) is 2.18. The van der Waals surface area contributed by atoms with Crippen LogP contribution in [0, 0.1) is 17.7 Å². The van der Waals surface area contributed by atoms with Gasteiger partial charge >= 0.3 is 0 Å². The van der Waals surface area contributed by atoms with Crippen molar-refractivity contribution in [3.63, 3.8) is 0 Å². The molecule has 0 spiro atoms. The lowest BCUT2D eigenvalue weighted by Gasteiger charge is -2.08. The second kappa shape index (κ2) is 5.14. The van der Waals surface area contributed by atoms with Crippen LogP contribution >= 0.6 is 15.9 Å². The summed E-state index contributed by atoms with van der Waals surface area (Å²) in [7, 11) is 0. The Morgan fingerprint density at radius 3 is 2.93 bits per heavy atom. The van der Waals surface area contributed by atoms with Gasteiger partial charge in [0.15, 0.2) is 0 Å². The highest BCUT2D eigenvalue weighted by Gasteiger charge is 2.11. The summed E-state index contributed by atoms with van der Waals surface area (Å²) >= 11 is 3.22. The van der Waals surface area contributed by atoms with E-state index in [1.54, 1.807) is 19.1 Å². The minimum absolute atomic E-state index is 0.254. The number of aliphatic hydroxyl groups excluding tert-OH is 1. The van der Waals surface area contributed by atoms with Crippen molar-refractivity contribution >= 4 is 15.9 Å². The first-order chi connectivity index (χ1) is 6.65. The summed E-state index contributed by atoms with van der Waals surface area (Å²) in [6.07, 6.45) is -0.607. The summed E-state index contributed by atoms with van der Waals surface area (Å²) in [5, 5.41) is 9.59. The van der Waals surface area contributed by atoms with Gasteiger partial charge in [0.25, 0.3) is 0 Å². The van der Waals surface area contributed by atoms with Gasteiger partial charge in [-0.1, -0.05) is 15.9 Å². The highest BCUT2D eigenvalue weighted by atomic mass is 79.9. The minimum atomic E-state index is -0.861. The summed E-state index contributed by atoms with van der Waals surface area (Å²) in [5.41, 5.74) is 0.280. The van der Waals surface area contributed by atoms with Crippen molar-refractivity contribution in [1.82, 2.24) is 0 Å². The van der Waals surface area contributed by atoms with Crippen molar-refractivity contribution in [1.29, 1.82) is 0 Å². The molecule has 0 aromatic heterocycles. The van der Waals surface area contributed by atoms with E-state index in [4.69, 9.17) is 0 Å². The van der Waals surface area contributed by atoms with Crippen molar-refractivity contribution in [2.75, 3.05) is 0 Å². The third-order valence-corrected chi connectivity index (χ3v) is 2.28. The Hall–Kier alpha value is -0.850. The first-order valence-corrected chi connectivity index (χ1v) is 4.97. The zero-order valence-electron chi connectivity index (χ0n) is 7.72. The van der Waals surface area contributed by atoms with Crippen molar-refractivity contribution in [2.45, 2.75) is 19.4 Å². The van der Waals surface area contributed by atoms with Crippen LogP contribution < -0.4 is 0 Å². The van der Waals surface area contributed by atoms with E-state index >= 15 is 0 Å². The van der Waals surface area contributed by atoms with Crippen LogP contribution in [0.2, 0.25) is 0 Å². The van der Waals surface area contributed by atoms with Crippen LogP contribution in [0.4, 0.5) is 4.39 Å². The fourth-order valence-corrected chi connectivity index (χ4v) is 1.46. The van der Waals surface area contributed by atoms with Gasteiger partial charge in [-0.05, 0) is 25.1 Å². The van der Waals surface area contributed by atoms with Crippen LogP contribution in [0.3, 0.4) is 0 Å². The van der Waals surface area contributed by atoms with Gasteiger partial charge in [-0.25, -0.2) is 4.39 Å². The van der Waals surface area contributed by atoms with E-state index in [-0.39, 0.29) is 12.0 Å². The molecule has 0 saturated carbocycles. The van der Waals surface area contributed by atoms with Gasteiger partial charge < -0.3 is 5.11 Å². The Morgan fingerprint density at radius 2 is 2.29 bits per heavy atom. The Balaban J connectivity index is 2.91. The molecule has 3 heteroatoms. The Bertz CT molecular complexity index is 379. The van der Waals surface area contributed by atoms with E-state index in [2.05, 4.69) is 27.8 Å². The van der Waals surface area contributed by atoms with Crippen LogP contribution in [0.25, 0.3) is 0 Å². The molecule has 1 aromatic rings. The monoisotopic (exact) mass is 256 g/mol. The maximum absolute atomic E-state index is 13.2. The van der Waals surface area contributed by atoms with Gasteiger partial charge in [0.2, 0.25) is 0 Å². The van der Waals surface area contributed by atoms with Crippen LogP contribution in [-0.4, -0.2) is 5.11 Å². The number of halogens is 2. The molecule has 1 unspecified atom stereocenters. The molecule has 0 amide bonds. The largest absolute Gasteiger partial charge is 0.387 e. The number of aliphatic hydroxyl groups is 1. The van der Waals surface area contributed by atoms with Gasteiger partial charge in [0, 0.05) is 16.5 Å². The molecule has 0 fully saturated rings. The molecule has 0 aliphatic heterocycles. The second-order valence-electron chi connectivity index (χ2n) is 2.81. The van der Waals surface area contributed by atoms with Gasteiger partial charge in [0.1, 0.15) is 5.82 Å². The summed E-state index contributed by atoms with van der Waals surface area (Å²) in [6, 6.07) is 4.48. The van der Waals surface area contributed by atoms with E-state index in [9.17, 15) is 9.50 Å². The van der Waals surface area contributed by atoms with Gasteiger partial charge in [-0.15, -0.1) is 11.8 Å². The number of rotatable bonds is 2. The topological polar surface area (TPSA) is 20.2 Å². The first-order valence-electron chi connectivity index (χ1n) is 4.17. The van der Waals surface area contributed by atoms with E-state index in [0.717, 1.165) is 4.47 Å². The number of hydrogen-bond donors (Lipinski definition) is 1. The molecule has 1 N–H and O–H groups in total. The molecule has 0 aliphatic rings. The van der Waals surface area contributed by atoms with Crippen molar-refractivity contribution in [2.24, 2.45) is 0 Å². The molecule has 1 atom stereocenters. The van der Waals surface area contributed by atoms with Crippen LogP contribution in [0.5, 0.6) is 0 Å². The Kier molecular flexibility index (Phi) is 4.12. The van der Waals surface area contributed by atoms with Crippen LogP contribution in [0.1, 0.15) is 25.0 Å². The van der Waals surface area contributed by atoms with Gasteiger partial charge in [-0.2, -0.15) is 0 Å². The quantitative estimate of drug-likeness (QED) is 0.807. The molecule has 0 bridgehead atoms. The third-order valence-electron chi connectivity index (χ3n) is 1.79. The Morgan fingerprint density at radius 1 is 1.57 bits per heavy atom. The molecular formula is C11H10BrFO. The summed E-state index contributed by atoms with van der Waals surface area (Å²) in [6.45, 7) is 1.68. The summed E-state index contributed by atoms with van der Waals surface area (Å²) in [5.74, 6) is 4.97. The maximum Gasteiger partial charge on any atom is 0.129 e. The maximum atomic E-state index is 13.2. The predicted octanol–water partition coefficient (Wildman–Crippen LogP) is 3.04. The lowest BCUT2D eigenvalue weighted by atomic mass is 10.1. The molecular weight excluding hydrogens is 247 g/mol. The molecule has 74 valence electrons. The van der Waals surface area contributed by atoms with Crippen molar-refractivity contribution in [3.8, 4) is 11.8 Å². The van der Waals surface area contributed by atoms with Crippen molar-refractivity contribution in [3.05, 3.63) is 34.1 Å². The fraction of sp³-hybridized carbons (Fsp3) is 0.273. The predicted molar refractivity (Wildman–Crippen MR) is 57.1 cm³/mol. The highest BCUT2D eigenvalue weighted by molar-refractivity contribution is 9.10. The third kappa shape index (κ3) is 2.83. The molecule has 1 nitrogen and oxygen atoms in total. The molecule has 1 aromatic carbocycles. The summed E-state index contributed by atoms with van der Waals surface area (Å²) in [4.78, 5) is 0. The zero-order valence-corrected chi connectivity index (χ0v) is 9.31.